The summed E-state index contributed by atoms with van der Waals surface area (Å²) in [6, 6.07) is 13.0. The summed E-state index contributed by atoms with van der Waals surface area (Å²) < 4.78 is 1.94. The molecule has 1 aromatic heterocycles. The van der Waals surface area contributed by atoms with Gasteiger partial charge in [0.15, 0.2) is 0 Å². The van der Waals surface area contributed by atoms with Crippen LogP contribution >= 0.6 is 23.2 Å². The van der Waals surface area contributed by atoms with Gasteiger partial charge in [0.1, 0.15) is 5.82 Å². The second kappa shape index (κ2) is 4.82. The van der Waals surface area contributed by atoms with Crippen molar-refractivity contribution in [1.82, 2.24) is 9.55 Å². The van der Waals surface area contributed by atoms with Crippen LogP contribution in [0.2, 0.25) is 10.0 Å². The summed E-state index contributed by atoms with van der Waals surface area (Å²) >= 11 is 12.0. The number of aromatic nitrogens is 2. The molecule has 0 bridgehead atoms. The molecule has 0 atom stereocenters. The van der Waals surface area contributed by atoms with E-state index < -0.39 is 0 Å². The summed E-state index contributed by atoms with van der Waals surface area (Å²) in [5, 5.41) is 9.98. The molecule has 0 unspecified atom stereocenters. The number of imidazole rings is 1. The van der Waals surface area contributed by atoms with Crippen LogP contribution in [0.5, 0.6) is 0 Å². The van der Waals surface area contributed by atoms with Crippen LogP contribution in [0.3, 0.4) is 0 Å². The topological polar surface area (TPSA) is 41.6 Å². The second-order valence-electron chi connectivity index (χ2n) is 4.44. The van der Waals surface area contributed by atoms with E-state index in [1.54, 1.807) is 18.2 Å². The molecule has 0 aliphatic rings. The number of hydrogen-bond donors (Lipinski definition) is 0. The molecule has 0 spiro atoms. The summed E-state index contributed by atoms with van der Waals surface area (Å²) in [6.45, 7) is 0. The van der Waals surface area contributed by atoms with Gasteiger partial charge in [0.05, 0.1) is 32.7 Å². The van der Waals surface area contributed by atoms with Gasteiger partial charge in [-0.15, -0.1) is 0 Å². The Morgan fingerprint density at radius 2 is 1.90 bits per heavy atom. The van der Waals surface area contributed by atoms with E-state index in [-0.39, 0.29) is 0 Å². The van der Waals surface area contributed by atoms with E-state index in [9.17, 15) is 0 Å². The summed E-state index contributed by atoms with van der Waals surface area (Å²) in [7, 11) is 1.91. The molecule has 0 amide bonds. The molecule has 0 aliphatic heterocycles. The quantitative estimate of drug-likeness (QED) is 0.667. The van der Waals surface area contributed by atoms with Gasteiger partial charge >= 0.3 is 0 Å². The van der Waals surface area contributed by atoms with Crippen molar-refractivity contribution >= 4 is 34.2 Å². The maximum atomic E-state index is 8.97. The highest BCUT2D eigenvalue weighted by Gasteiger charge is 2.11. The SMILES string of the molecule is Cn1c(-c2ccc(Cl)c(Cl)c2)nc2ccc(C#N)cc21. The number of halogens is 2. The smallest absolute Gasteiger partial charge is 0.140 e. The molecule has 1 heterocycles. The normalized spacial score (nSPS) is 10.7. The largest absolute Gasteiger partial charge is 0.327 e. The molecule has 3 nitrogen and oxygen atoms in total. The third-order valence-corrected chi connectivity index (χ3v) is 3.93. The molecule has 20 heavy (non-hydrogen) atoms. The zero-order valence-corrected chi connectivity index (χ0v) is 12.1. The average molecular weight is 302 g/mol. The van der Waals surface area contributed by atoms with Crippen LogP contribution in [0, 0.1) is 11.3 Å². The Labute approximate surface area is 126 Å². The lowest BCUT2D eigenvalue weighted by atomic mass is 10.2. The predicted octanol–water partition coefficient (Wildman–Crippen LogP) is 4.42. The van der Waals surface area contributed by atoms with E-state index in [0.29, 0.717) is 15.6 Å². The van der Waals surface area contributed by atoms with Gasteiger partial charge in [0.25, 0.3) is 0 Å². The first-order valence-corrected chi connectivity index (χ1v) is 6.68. The van der Waals surface area contributed by atoms with E-state index in [2.05, 4.69) is 11.1 Å². The highest BCUT2D eigenvalue weighted by Crippen LogP contribution is 2.29. The molecule has 3 aromatic rings. The van der Waals surface area contributed by atoms with Gasteiger partial charge in [-0.05, 0) is 36.4 Å². The Morgan fingerprint density at radius 1 is 1.10 bits per heavy atom. The molecule has 0 fully saturated rings. The lowest BCUT2D eigenvalue weighted by molar-refractivity contribution is 0.959. The van der Waals surface area contributed by atoms with Crippen LogP contribution in [-0.4, -0.2) is 9.55 Å². The predicted molar refractivity (Wildman–Crippen MR) is 80.9 cm³/mol. The fourth-order valence-corrected chi connectivity index (χ4v) is 2.45. The van der Waals surface area contributed by atoms with E-state index in [4.69, 9.17) is 28.5 Å². The van der Waals surface area contributed by atoms with Crippen molar-refractivity contribution in [3.05, 3.63) is 52.0 Å². The van der Waals surface area contributed by atoms with Gasteiger partial charge in [0.2, 0.25) is 0 Å². The van der Waals surface area contributed by atoms with E-state index in [0.717, 1.165) is 22.4 Å². The maximum absolute atomic E-state index is 8.97. The van der Waals surface area contributed by atoms with Gasteiger partial charge < -0.3 is 4.57 Å². The first kappa shape index (κ1) is 13.0. The number of benzene rings is 2. The van der Waals surface area contributed by atoms with Crippen molar-refractivity contribution in [1.29, 1.82) is 5.26 Å². The molecule has 0 radical (unpaired) electrons. The highest BCUT2D eigenvalue weighted by molar-refractivity contribution is 6.42. The standard InChI is InChI=1S/C15H9Cl2N3/c1-20-14-6-9(8-18)2-5-13(14)19-15(20)10-3-4-11(16)12(17)7-10/h2-7H,1H3. The van der Waals surface area contributed by atoms with Crippen LogP contribution in [0.15, 0.2) is 36.4 Å². The van der Waals surface area contributed by atoms with Crippen LogP contribution in [0.25, 0.3) is 22.4 Å². The van der Waals surface area contributed by atoms with Crippen LogP contribution in [0.1, 0.15) is 5.56 Å². The monoisotopic (exact) mass is 301 g/mol. The minimum Gasteiger partial charge on any atom is -0.327 e. The Balaban J connectivity index is 2.24. The lowest BCUT2D eigenvalue weighted by Crippen LogP contribution is -1.92. The summed E-state index contributed by atoms with van der Waals surface area (Å²) in [6.07, 6.45) is 0. The molecule has 0 N–H and O–H groups in total. The number of nitrogens with zero attached hydrogens (tertiary/aromatic N) is 3. The number of nitriles is 1. The first-order valence-electron chi connectivity index (χ1n) is 5.92. The average Bonchev–Trinajstić information content (AvgIpc) is 2.79. The minimum atomic E-state index is 0.494. The van der Waals surface area contributed by atoms with Crippen LogP contribution in [0.4, 0.5) is 0 Å². The van der Waals surface area contributed by atoms with E-state index in [1.807, 2.05) is 29.8 Å². The van der Waals surface area contributed by atoms with Crippen molar-refractivity contribution in [2.45, 2.75) is 0 Å². The third kappa shape index (κ3) is 2.03. The minimum absolute atomic E-state index is 0.494. The second-order valence-corrected chi connectivity index (χ2v) is 5.25. The molecule has 0 saturated heterocycles. The molecule has 2 aromatic carbocycles. The molecule has 0 aliphatic carbocycles. The number of fused-ring (bicyclic) bond motifs is 1. The number of rotatable bonds is 1. The zero-order valence-electron chi connectivity index (χ0n) is 10.6. The Hall–Kier alpha value is -2.02. The molecule has 0 saturated carbocycles. The zero-order chi connectivity index (χ0) is 14.3. The maximum Gasteiger partial charge on any atom is 0.140 e. The van der Waals surface area contributed by atoms with Crippen LogP contribution < -0.4 is 0 Å². The Kier molecular flexibility index (Phi) is 3.13. The fourth-order valence-electron chi connectivity index (χ4n) is 2.15. The summed E-state index contributed by atoms with van der Waals surface area (Å²) in [4.78, 5) is 4.58. The van der Waals surface area contributed by atoms with Gasteiger partial charge in [0, 0.05) is 12.6 Å². The van der Waals surface area contributed by atoms with Crippen LogP contribution in [-0.2, 0) is 7.05 Å². The molecular formula is C15H9Cl2N3. The Morgan fingerprint density at radius 3 is 2.60 bits per heavy atom. The van der Waals surface area contributed by atoms with Gasteiger partial charge in [-0.25, -0.2) is 4.98 Å². The van der Waals surface area contributed by atoms with Crippen molar-refractivity contribution in [2.75, 3.05) is 0 Å². The molecule has 3 rings (SSSR count). The third-order valence-electron chi connectivity index (χ3n) is 3.19. The van der Waals surface area contributed by atoms with Crippen molar-refractivity contribution in [3.63, 3.8) is 0 Å². The van der Waals surface area contributed by atoms with E-state index >= 15 is 0 Å². The Bertz CT molecular complexity index is 859. The van der Waals surface area contributed by atoms with Gasteiger partial charge in [-0.2, -0.15) is 5.26 Å². The fraction of sp³-hybridized carbons (Fsp3) is 0.0667. The molecule has 98 valence electrons. The molecular weight excluding hydrogens is 293 g/mol. The van der Waals surface area contributed by atoms with Crippen molar-refractivity contribution < 1.29 is 0 Å². The van der Waals surface area contributed by atoms with Crippen molar-refractivity contribution in [2.24, 2.45) is 7.05 Å². The number of hydrogen-bond acceptors (Lipinski definition) is 2. The highest BCUT2D eigenvalue weighted by atomic mass is 35.5. The number of aryl methyl sites for hydroxylation is 1. The summed E-state index contributed by atoms with van der Waals surface area (Å²) in [5.41, 5.74) is 3.25. The first-order chi connectivity index (χ1) is 9.60. The lowest BCUT2D eigenvalue weighted by Gasteiger charge is -2.04. The summed E-state index contributed by atoms with van der Waals surface area (Å²) in [5.74, 6) is 0.786. The van der Waals surface area contributed by atoms with Gasteiger partial charge in [-0.1, -0.05) is 23.2 Å². The molecule has 5 heteroatoms. The van der Waals surface area contributed by atoms with Gasteiger partial charge in [-0.3, -0.25) is 0 Å². The van der Waals surface area contributed by atoms with E-state index in [1.165, 1.54) is 0 Å². The van der Waals surface area contributed by atoms with Crippen molar-refractivity contribution in [3.8, 4) is 17.5 Å².